The molecule has 5 heteroatoms. The predicted molar refractivity (Wildman–Crippen MR) is 104 cm³/mol. The average Bonchev–Trinajstić information content (AvgIpc) is 2.65. The summed E-state index contributed by atoms with van der Waals surface area (Å²) in [6.45, 7) is 1.92. The maximum absolute atomic E-state index is 12.9. The van der Waals surface area contributed by atoms with E-state index in [0.717, 1.165) is 16.3 Å². The summed E-state index contributed by atoms with van der Waals surface area (Å²) in [5.74, 6) is -0.0737. The van der Waals surface area contributed by atoms with Crippen molar-refractivity contribution in [2.75, 3.05) is 13.3 Å². The third-order valence-electron chi connectivity index (χ3n) is 4.69. The minimum absolute atomic E-state index is 0.0737. The maximum Gasteiger partial charge on any atom is 0.254 e. The highest BCUT2D eigenvalue weighted by Gasteiger charge is 2.19. The van der Waals surface area contributed by atoms with Gasteiger partial charge >= 0.3 is 0 Å². The lowest BCUT2D eigenvalue weighted by Crippen LogP contribution is -2.29. The second kappa shape index (κ2) is 6.92. The number of carbonyl (C=O) groups is 1. The van der Waals surface area contributed by atoms with E-state index in [1.165, 1.54) is 6.26 Å². The van der Waals surface area contributed by atoms with Crippen LogP contribution in [0.1, 0.15) is 28.9 Å². The molecule has 0 spiro atoms. The minimum Gasteiger partial charge on any atom is -0.335 e. The Balaban J connectivity index is 1.84. The molecule has 26 heavy (non-hydrogen) atoms. The smallest absolute Gasteiger partial charge is 0.254 e. The van der Waals surface area contributed by atoms with E-state index < -0.39 is 9.84 Å². The maximum atomic E-state index is 12.9. The number of rotatable bonds is 4. The van der Waals surface area contributed by atoms with Crippen LogP contribution in [0.15, 0.2) is 71.6 Å². The molecule has 0 radical (unpaired) electrons. The molecule has 0 bridgehead atoms. The molecule has 3 aromatic carbocycles. The van der Waals surface area contributed by atoms with Crippen LogP contribution in [0.3, 0.4) is 0 Å². The van der Waals surface area contributed by atoms with Gasteiger partial charge in [0.15, 0.2) is 9.84 Å². The Morgan fingerprint density at radius 3 is 2.15 bits per heavy atom. The first kappa shape index (κ1) is 18.1. The fraction of sp³-hybridized carbons (Fsp3) is 0.190. The second-order valence-electron chi connectivity index (χ2n) is 6.50. The lowest BCUT2D eigenvalue weighted by atomic mass is 10.0. The highest BCUT2D eigenvalue weighted by atomic mass is 32.2. The van der Waals surface area contributed by atoms with Crippen molar-refractivity contribution in [2.45, 2.75) is 17.9 Å². The molecule has 1 unspecified atom stereocenters. The van der Waals surface area contributed by atoms with Gasteiger partial charge in [0.25, 0.3) is 5.91 Å². The van der Waals surface area contributed by atoms with Gasteiger partial charge in [-0.15, -0.1) is 0 Å². The van der Waals surface area contributed by atoms with E-state index in [1.54, 1.807) is 36.2 Å². The number of sulfone groups is 1. The van der Waals surface area contributed by atoms with Crippen LogP contribution in [0.4, 0.5) is 0 Å². The van der Waals surface area contributed by atoms with E-state index in [2.05, 4.69) is 0 Å². The van der Waals surface area contributed by atoms with Crippen molar-refractivity contribution in [1.82, 2.24) is 4.90 Å². The first-order valence-corrected chi connectivity index (χ1v) is 10.2. The highest BCUT2D eigenvalue weighted by Crippen LogP contribution is 2.24. The monoisotopic (exact) mass is 367 g/mol. The van der Waals surface area contributed by atoms with Gasteiger partial charge in [0, 0.05) is 18.9 Å². The number of benzene rings is 3. The Morgan fingerprint density at radius 1 is 0.923 bits per heavy atom. The van der Waals surface area contributed by atoms with Crippen LogP contribution in [0.5, 0.6) is 0 Å². The van der Waals surface area contributed by atoms with Crippen LogP contribution < -0.4 is 0 Å². The SMILES string of the molecule is CC(c1ccc(S(C)(=O)=O)cc1)N(C)C(=O)c1ccc2ccccc2c1. The summed E-state index contributed by atoms with van der Waals surface area (Å²) in [5.41, 5.74) is 1.51. The van der Waals surface area contributed by atoms with Crippen molar-refractivity contribution in [1.29, 1.82) is 0 Å². The Bertz CT molecular complexity index is 1060. The van der Waals surface area contributed by atoms with Gasteiger partial charge in [-0.25, -0.2) is 8.42 Å². The molecule has 0 fully saturated rings. The zero-order valence-electron chi connectivity index (χ0n) is 15.0. The Labute approximate surface area is 154 Å². The van der Waals surface area contributed by atoms with Gasteiger partial charge < -0.3 is 4.90 Å². The zero-order valence-corrected chi connectivity index (χ0v) is 15.8. The lowest BCUT2D eigenvalue weighted by molar-refractivity contribution is 0.0742. The summed E-state index contributed by atoms with van der Waals surface area (Å²) >= 11 is 0. The molecule has 0 saturated carbocycles. The number of carbonyl (C=O) groups excluding carboxylic acids is 1. The van der Waals surface area contributed by atoms with Crippen molar-refractivity contribution in [3.8, 4) is 0 Å². The van der Waals surface area contributed by atoms with Crippen molar-refractivity contribution < 1.29 is 13.2 Å². The summed E-state index contributed by atoms with van der Waals surface area (Å²) in [5, 5.41) is 2.12. The minimum atomic E-state index is -3.23. The van der Waals surface area contributed by atoms with Crippen molar-refractivity contribution in [2.24, 2.45) is 0 Å². The normalized spacial score (nSPS) is 12.7. The van der Waals surface area contributed by atoms with Crippen LogP contribution in [-0.4, -0.2) is 32.5 Å². The lowest BCUT2D eigenvalue weighted by Gasteiger charge is -2.25. The van der Waals surface area contributed by atoms with Gasteiger partial charge in [0.05, 0.1) is 10.9 Å². The van der Waals surface area contributed by atoms with Crippen LogP contribution >= 0.6 is 0 Å². The molecule has 1 amide bonds. The van der Waals surface area contributed by atoms with E-state index in [-0.39, 0.29) is 16.8 Å². The van der Waals surface area contributed by atoms with Crippen LogP contribution in [-0.2, 0) is 9.84 Å². The summed E-state index contributed by atoms with van der Waals surface area (Å²) in [6.07, 6.45) is 1.18. The molecule has 3 rings (SSSR count). The molecular weight excluding hydrogens is 346 g/mol. The third-order valence-corrected chi connectivity index (χ3v) is 5.82. The average molecular weight is 367 g/mol. The molecule has 4 nitrogen and oxygen atoms in total. The van der Waals surface area contributed by atoms with Crippen molar-refractivity contribution in [3.05, 3.63) is 77.9 Å². The van der Waals surface area contributed by atoms with Crippen molar-refractivity contribution in [3.63, 3.8) is 0 Å². The number of nitrogens with zero attached hydrogens (tertiary/aromatic N) is 1. The van der Waals surface area contributed by atoms with Gasteiger partial charge in [-0.3, -0.25) is 4.79 Å². The number of amides is 1. The molecule has 0 aliphatic carbocycles. The third kappa shape index (κ3) is 3.63. The van der Waals surface area contributed by atoms with Crippen LogP contribution in [0.25, 0.3) is 10.8 Å². The first-order valence-electron chi connectivity index (χ1n) is 8.33. The van der Waals surface area contributed by atoms with E-state index >= 15 is 0 Å². The largest absolute Gasteiger partial charge is 0.335 e. The Kier molecular flexibility index (Phi) is 4.83. The van der Waals surface area contributed by atoms with Crippen LogP contribution in [0, 0.1) is 0 Å². The molecule has 0 saturated heterocycles. The predicted octanol–water partition coefficient (Wildman–Crippen LogP) is 4.08. The van der Waals surface area contributed by atoms with Gasteiger partial charge in [-0.2, -0.15) is 0 Å². The van der Waals surface area contributed by atoms with Gasteiger partial charge in [0.1, 0.15) is 0 Å². The van der Waals surface area contributed by atoms with Crippen LogP contribution in [0.2, 0.25) is 0 Å². The molecule has 0 N–H and O–H groups in total. The molecule has 0 aliphatic rings. The van der Waals surface area contributed by atoms with Crippen molar-refractivity contribution >= 4 is 26.5 Å². The van der Waals surface area contributed by atoms with E-state index in [1.807, 2.05) is 49.4 Å². The van der Waals surface area contributed by atoms with E-state index in [4.69, 9.17) is 0 Å². The van der Waals surface area contributed by atoms with Gasteiger partial charge in [-0.1, -0.05) is 42.5 Å². The first-order chi connectivity index (χ1) is 12.3. The number of hydrogen-bond acceptors (Lipinski definition) is 3. The molecule has 0 aromatic heterocycles. The summed E-state index contributed by atoms with van der Waals surface area (Å²) in [6, 6.07) is 20.1. The zero-order chi connectivity index (χ0) is 18.9. The summed E-state index contributed by atoms with van der Waals surface area (Å²) < 4.78 is 23.2. The van der Waals surface area contributed by atoms with Gasteiger partial charge in [0.2, 0.25) is 0 Å². The Morgan fingerprint density at radius 2 is 1.54 bits per heavy atom. The molecule has 1 atom stereocenters. The fourth-order valence-electron chi connectivity index (χ4n) is 2.92. The molecule has 3 aromatic rings. The van der Waals surface area contributed by atoms with E-state index in [0.29, 0.717) is 5.56 Å². The summed E-state index contributed by atoms with van der Waals surface area (Å²) in [4.78, 5) is 14.8. The molecule has 0 heterocycles. The van der Waals surface area contributed by atoms with Gasteiger partial charge in [-0.05, 0) is 47.5 Å². The van der Waals surface area contributed by atoms with E-state index in [9.17, 15) is 13.2 Å². The Hall–Kier alpha value is -2.66. The standard InChI is InChI=1S/C21H21NO3S/c1-15(16-10-12-20(13-11-16)26(3,24)25)22(2)21(23)19-9-8-17-6-4-5-7-18(17)14-19/h4-15H,1-3H3. The quantitative estimate of drug-likeness (QED) is 0.698. The second-order valence-corrected chi connectivity index (χ2v) is 8.51. The number of hydrogen-bond donors (Lipinski definition) is 0. The summed E-state index contributed by atoms with van der Waals surface area (Å²) in [7, 11) is -1.47. The molecular formula is C21H21NO3S. The molecule has 134 valence electrons. The number of fused-ring (bicyclic) bond motifs is 1. The highest BCUT2D eigenvalue weighted by molar-refractivity contribution is 7.90. The molecule has 0 aliphatic heterocycles. The topological polar surface area (TPSA) is 54.5 Å². The fourth-order valence-corrected chi connectivity index (χ4v) is 3.55.